The van der Waals surface area contributed by atoms with E-state index in [0.29, 0.717) is 0 Å². The Balaban J connectivity index is 1.85. The van der Waals surface area contributed by atoms with Crippen molar-refractivity contribution >= 4 is 11.6 Å². The largest absolute Gasteiger partial charge is 0.493 e. The molecule has 0 bridgehead atoms. The Labute approximate surface area is 130 Å². The third-order valence-corrected chi connectivity index (χ3v) is 4.59. The van der Waals surface area contributed by atoms with Crippen LogP contribution in [0.1, 0.15) is 34.7 Å². The molecule has 0 saturated carbocycles. The van der Waals surface area contributed by atoms with Gasteiger partial charge in [0.25, 0.3) is 0 Å². The molecule has 1 aliphatic heterocycles. The number of aromatic nitrogens is 1. The van der Waals surface area contributed by atoms with Crippen LogP contribution in [0.4, 0.5) is 0 Å². The van der Waals surface area contributed by atoms with Gasteiger partial charge in [0.15, 0.2) is 0 Å². The second kappa shape index (κ2) is 6.04. The van der Waals surface area contributed by atoms with E-state index in [1.54, 1.807) is 0 Å². The number of ether oxygens (including phenoxy) is 1. The topological polar surface area (TPSA) is 34.2 Å². The first-order chi connectivity index (χ1) is 10.2. The van der Waals surface area contributed by atoms with Crippen LogP contribution in [0.2, 0.25) is 5.02 Å². The third-order valence-electron chi connectivity index (χ3n) is 4.01. The lowest BCUT2D eigenvalue weighted by molar-refractivity contribution is 0.251. The summed E-state index contributed by atoms with van der Waals surface area (Å²) in [6.45, 7) is 5.65. The molecular formula is C17H19ClN2O. The van der Waals surface area contributed by atoms with E-state index in [1.807, 2.05) is 37.5 Å². The summed E-state index contributed by atoms with van der Waals surface area (Å²) >= 11 is 6.41. The highest BCUT2D eigenvalue weighted by Gasteiger charge is 2.25. The summed E-state index contributed by atoms with van der Waals surface area (Å²) in [6, 6.07) is 6.38. The molecule has 110 valence electrons. The van der Waals surface area contributed by atoms with Crippen molar-refractivity contribution in [3.63, 3.8) is 0 Å². The standard InChI is InChI=1S/C17H19ClN2O/c1-11-9-15-16(12(2)17(11)18)14(5-8-21-15)20-10-13-3-6-19-7-4-13/h3-4,6-7,9,14,20H,5,8,10H2,1-2H3. The van der Waals surface area contributed by atoms with Gasteiger partial charge in [-0.1, -0.05) is 11.6 Å². The summed E-state index contributed by atoms with van der Waals surface area (Å²) in [5.41, 5.74) is 4.63. The molecule has 0 saturated heterocycles. The second-order valence-corrected chi connectivity index (χ2v) is 5.85. The highest BCUT2D eigenvalue weighted by atomic mass is 35.5. The van der Waals surface area contributed by atoms with Gasteiger partial charge in [0.1, 0.15) is 5.75 Å². The lowest BCUT2D eigenvalue weighted by Gasteiger charge is -2.29. The van der Waals surface area contributed by atoms with Gasteiger partial charge in [-0.15, -0.1) is 0 Å². The first-order valence-corrected chi connectivity index (χ1v) is 7.59. The molecule has 0 amide bonds. The van der Waals surface area contributed by atoms with Crippen LogP contribution in [0.25, 0.3) is 0 Å². The van der Waals surface area contributed by atoms with Gasteiger partial charge in [-0.05, 0) is 48.7 Å². The average molecular weight is 303 g/mol. The maximum absolute atomic E-state index is 6.41. The Morgan fingerprint density at radius 2 is 2.10 bits per heavy atom. The summed E-state index contributed by atoms with van der Waals surface area (Å²) in [5, 5.41) is 4.46. The van der Waals surface area contributed by atoms with E-state index in [4.69, 9.17) is 16.3 Å². The first kappa shape index (κ1) is 14.4. The van der Waals surface area contributed by atoms with Crippen LogP contribution in [-0.4, -0.2) is 11.6 Å². The molecule has 1 aromatic heterocycles. The maximum Gasteiger partial charge on any atom is 0.124 e. The van der Waals surface area contributed by atoms with E-state index in [-0.39, 0.29) is 6.04 Å². The van der Waals surface area contributed by atoms with Crippen molar-refractivity contribution < 1.29 is 4.74 Å². The molecule has 1 aliphatic rings. The number of nitrogens with zero attached hydrogens (tertiary/aromatic N) is 1. The molecule has 2 heterocycles. The molecular weight excluding hydrogens is 284 g/mol. The predicted molar refractivity (Wildman–Crippen MR) is 84.9 cm³/mol. The van der Waals surface area contributed by atoms with Crippen LogP contribution in [0.3, 0.4) is 0 Å². The van der Waals surface area contributed by atoms with Crippen LogP contribution in [-0.2, 0) is 6.54 Å². The Morgan fingerprint density at radius 1 is 1.33 bits per heavy atom. The number of pyridine rings is 1. The Hall–Kier alpha value is -1.58. The van der Waals surface area contributed by atoms with Crippen molar-refractivity contribution in [2.24, 2.45) is 0 Å². The average Bonchev–Trinajstić information content (AvgIpc) is 2.51. The summed E-state index contributed by atoms with van der Waals surface area (Å²) in [4.78, 5) is 4.05. The molecule has 1 atom stereocenters. The Kier molecular flexibility index (Phi) is 4.13. The van der Waals surface area contributed by atoms with Crippen molar-refractivity contribution in [1.29, 1.82) is 0 Å². The number of nitrogens with one attached hydrogen (secondary N) is 1. The maximum atomic E-state index is 6.41. The van der Waals surface area contributed by atoms with E-state index in [0.717, 1.165) is 41.5 Å². The third kappa shape index (κ3) is 2.89. The fourth-order valence-electron chi connectivity index (χ4n) is 2.87. The number of hydrogen-bond donors (Lipinski definition) is 1. The lowest BCUT2D eigenvalue weighted by Crippen LogP contribution is -2.27. The fraction of sp³-hybridized carbons (Fsp3) is 0.353. The molecule has 21 heavy (non-hydrogen) atoms. The molecule has 0 aliphatic carbocycles. The Morgan fingerprint density at radius 3 is 2.86 bits per heavy atom. The summed E-state index contributed by atoms with van der Waals surface area (Å²) < 4.78 is 5.81. The monoisotopic (exact) mass is 302 g/mol. The molecule has 1 unspecified atom stereocenters. The van der Waals surface area contributed by atoms with Gasteiger partial charge in [-0.3, -0.25) is 4.98 Å². The van der Waals surface area contributed by atoms with Crippen LogP contribution in [0.5, 0.6) is 5.75 Å². The van der Waals surface area contributed by atoms with E-state index in [1.165, 1.54) is 11.1 Å². The molecule has 0 radical (unpaired) electrons. The van der Waals surface area contributed by atoms with Crippen LogP contribution in [0.15, 0.2) is 30.6 Å². The number of fused-ring (bicyclic) bond motifs is 1. The highest BCUT2D eigenvalue weighted by molar-refractivity contribution is 6.32. The van der Waals surface area contributed by atoms with Gasteiger partial charge in [-0.2, -0.15) is 0 Å². The molecule has 0 fully saturated rings. The van der Waals surface area contributed by atoms with Crippen molar-refractivity contribution in [2.45, 2.75) is 32.9 Å². The van der Waals surface area contributed by atoms with Crippen LogP contribution < -0.4 is 10.1 Å². The molecule has 1 N–H and O–H groups in total. The minimum absolute atomic E-state index is 0.278. The molecule has 1 aromatic carbocycles. The SMILES string of the molecule is Cc1cc2c(c(C)c1Cl)C(NCc1ccncc1)CCO2. The molecule has 3 rings (SSSR count). The van der Waals surface area contributed by atoms with Gasteiger partial charge in [0.05, 0.1) is 6.61 Å². The summed E-state index contributed by atoms with van der Waals surface area (Å²) in [6.07, 6.45) is 4.60. The van der Waals surface area contributed by atoms with Crippen molar-refractivity contribution in [3.05, 3.63) is 57.9 Å². The number of halogens is 1. The first-order valence-electron chi connectivity index (χ1n) is 7.21. The molecule has 3 nitrogen and oxygen atoms in total. The van der Waals surface area contributed by atoms with Crippen LogP contribution >= 0.6 is 11.6 Å². The zero-order valence-corrected chi connectivity index (χ0v) is 13.1. The second-order valence-electron chi connectivity index (χ2n) is 5.47. The normalized spacial score (nSPS) is 17.2. The lowest BCUT2D eigenvalue weighted by atomic mass is 9.94. The van der Waals surface area contributed by atoms with Gasteiger partial charge in [-0.25, -0.2) is 0 Å². The molecule has 0 spiro atoms. The zero-order chi connectivity index (χ0) is 14.8. The van der Waals surface area contributed by atoms with Gasteiger partial charge >= 0.3 is 0 Å². The van der Waals surface area contributed by atoms with Crippen LogP contribution in [0, 0.1) is 13.8 Å². The van der Waals surface area contributed by atoms with Gasteiger partial charge in [0, 0.05) is 42.0 Å². The molecule has 2 aromatic rings. The van der Waals surface area contributed by atoms with Crippen molar-refractivity contribution in [2.75, 3.05) is 6.61 Å². The van der Waals surface area contributed by atoms with Crippen molar-refractivity contribution in [1.82, 2.24) is 10.3 Å². The summed E-state index contributed by atoms with van der Waals surface area (Å²) in [7, 11) is 0. The van der Waals surface area contributed by atoms with Crippen molar-refractivity contribution in [3.8, 4) is 5.75 Å². The minimum atomic E-state index is 0.278. The smallest absolute Gasteiger partial charge is 0.124 e. The number of hydrogen-bond acceptors (Lipinski definition) is 3. The minimum Gasteiger partial charge on any atom is -0.493 e. The molecule has 4 heteroatoms. The van der Waals surface area contributed by atoms with E-state index < -0.39 is 0 Å². The van der Waals surface area contributed by atoms with E-state index in [2.05, 4.69) is 17.2 Å². The number of aryl methyl sites for hydroxylation is 1. The summed E-state index contributed by atoms with van der Waals surface area (Å²) in [5.74, 6) is 0.966. The van der Waals surface area contributed by atoms with Gasteiger partial charge < -0.3 is 10.1 Å². The van der Waals surface area contributed by atoms with E-state index in [9.17, 15) is 0 Å². The zero-order valence-electron chi connectivity index (χ0n) is 12.3. The highest BCUT2D eigenvalue weighted by Crippen LogP contribution is 2.39. The predicted octanol–water partition coefficient (Wildman–Crippen LogP) is 3.97. The fourth-order valence-corrected chi connectivity index (χ4v) is 3.02. The quantitative estimate of drug-likeness (QED) is 0.931. The van der Waals surface area contributed by atoms with Gasteiger partial charge in [0.2, 0.25) is 0 Å². The Bertz CT molecular complexity index is 643. The number of rotatable bonds is 3. The van der Waals surface area contributed by atoms with E-state index >= 15 is 0 Å². The number of benzene rings is 1.